The van der Waals surface area contributed by atoms with E-state index in [0.29, 0.717) is 0 Å². The molecule has 1 unspecified atom stereocenters. The monoisotopic (exact) mass is 230 g/mol. The number of hydrogen-bond acceptors (Lipinski definition) is 2. The third-order valence-electron chi connectivity index (χ3n) is 2.65. The second-order valence-electron chi connectivity index (χ2n) is 4.14. The molecule has 1 N–H and O–H groups in total. The SMILES string of the molecule is Cc1ccc(NC(C)c2ccc(F)cc2)nc1. The van der Waals surface area contributed by atoms with Crippen LogP contribution in [0.4, 0.5) is 10.2 Å². The second kappa shape index (κ2) is 4.95. The first-order valence-electron chi connectivity index (χ1n) is 5.60. The van der Waals surface area contributed by atoms with E-state index in [-0.39, 0.29) is 11.9 Å². The number of aryl methyl sites for hydroxylation is 1. The van der Waals surface area contributed by atoms with E-state index >= 15 is 0 Å². The third-order valence-corrected chi connectivity index (χ3v) is 2.65. The van der Waals surface area contributed by atoms with Crippen LogP contribution in [-0.4, -0.2) is 4.98 Å². The van der Waals surface area contributed by atoms with Gasteiger partial charge in [0.15, 0.2) is 0 Å². The average Bonchev–Trinajstić information content (AvgIpc) is 2.33. The summed E-state index contributed by atoms with van der Waals surface area (Å²) in [6.45, 7) is 4.02. The molecule has 1 atom stereocenters. The van der Waals surface area contributed by atoms with Crippen molar-refractivity contribution in [2.75, 3.05) is 5.32 Å². The second-order valence-corrected chi connectivity index (χ2v) is 4.14. The summed E-state index contributed by atoms with van der Waals surface area (Å²) in [6.07, 6.45) is 1.82. The zero-order valence-corrected chi connectivity index (χ0v) is 9.94. The zero-order chi connectivity index (χ0) is 12.3. The molecule has 1 aromatic carbocycles. The van der Waals surface area contributed by atoms with Crippen molar-refractivity contribution >= 4 is 5.82 Å². The molecule has 1 heterocycles. The quantitative estimate of drug-likeness (QED) is 0.869. The largest absolute Gasteiger partial charge is 0.364 e. The summed E-state index contributed by atoms with van der Waals surface area (Å²) in [6, 6.07) is 10.5. The van der Waals surface area contributed by atoms with Gasteiger partial charge in [-0.25, -0.2) is 9.37 Å². The Balaban J connectivity index is 2.08. The fourth-order valence-electron chi connectivity index (χ4n) is 1.61. The fourth-order valence-corrected chi connectivity index (χ4v) is 1.61. The van der Waals surface area contributed by atoms with Gasteiger partial charge in [-0.15, -0.1) is 0 Å². The molecule has 1 aromatic heterocycles. The predicted molar refractivity (Wildman–Crippen MR) is 67.4 cm³/mol. The molecule has 2 nitrogen and oxygen atoms in total. The first-order valence-corrected chi connectivity index (χ1v) is 5.60. The maximum atomic E-state index is 12.8. The Morgan fingerprint density at radius 2 is 1.82 bits per heavy atom. The number of nitrogens with zero attached hydrogens (tertiary/aromatic N) is 1. The lowest BCUT2D eigenvalue weighted by atomic mass is 10.1. The zero-order valence-electron chi connectivity index (χ0n) is 9.94. The third kappa shape index (κ3) is 3.03. The molecule has 3 heteroatoms. The van der Waals surface area contributed by atoms with Crippen LogP contribution in [0.2, 0.25) is 0 Å². The van der Waals surface area contributed by atoms with E-state index in [1.165, 1.54) is 12.1 Å². The lowest BCUT2D eigenvalue weighted by Gasteiger charge is -2.14. The van der Waals surface area contributed by atoms with Gasteiger partial charge in [0.25, 0.3) is 0 Å². The van der Waals surface area contributed by atoms with E-state index in [4.69, 9.17) is 0 Å². The maximum absolute atomic E-state index is 12.8. The number of hydrogen-bond donors (Lipinski definition) is 1. The van der Waals surface area contributed by atoms with Crippen LogP contribution in [0, 0.1) is 12.7 Å². The van der Waals surface area contributed by atoms with E-state index < -0.39 is 0 Å². The highest BCUT2D eigenvalue weighted by Crippen LogP contribution is 2.18. The fraction of sp³-hybridized carbons (Fsp3) is 0.214. The van der Waals surface area contributed by atoms with Crippen molar-refractivity contribution in [3.05, 3.63) is 59.5 Å². The van der Waals surface area contributed by atoms with E-state index in [9.17, 15) is 4.39 Å². The van der Waals surface area contributed by atoms with Crippen LogP contribution in [0.5, 0.6) is 0 Å². The van der Waals surface area contributed by atoms with Gasteiger partial charge in [-0.3, -0.25) is 0 Å². The molecule has 0 amide bonds. The minimum Gasteiger partial charge on any atom is -0.364 e. The normalized spacial score (nSPS) is 12.2. The minimum atomic E-state index is -0.214. The summed E-state index contributed by atoms with van der Waals surface area (Å²) < 4.78 is 12.8. The number of rotatable bonds is 3. The van der Waals surface area contributed by atoms with Gasteiger partial charge in [-0.1, -0.05) is 18.2 Å². The molecule has 0 bridgehead atoms. The minimum absolute atomic E-state index is 0.103. The Morgan fingerprint density at radius 1 is 1.12 bits per heavy atom. The van der Waals surface area contributed by atoms with Crippen LogP contribution in [0.25, 0.3) is 0 Å². The van der Waals surface area contributed by atoms with Gasteiger partial charge >= 0.3 is 0 Å². The number of halogens is 1. The predicted octanol–water partition coefficient (Wildman–Crippen LogP) is 3.70. The standard InChI is InChI=1S/C14H15FN2/c1-10-3-8-14(16-9-10)17-11(2)12-4-6-13(15)7-5-12/h3-9,11H,1-2H3,(H,16,17). The summed E-state index contributed by atoms with van der Waals surface area (Å²) >= 11 is 0. The van der Waals surface area contributed by atoms with Gasteiger partial charge in [0.05, 0.1) is 0 Å². The van der Waals surface area contributed by atoms with Crippen LogP contribution in [0.1, 0.15) is 24.1 Å². The molecule has 88 valence electrons. The summed E-state index contributed by atoms with van der Waals surface area (Å²) in [5.74, 6) is 0.613. The number of benzene rings is 1. The molecule has 0 radical (unpaired) electrons. The van der Waals surface area contributed by atoms with Crippen LogP contribution in [0.3, 0.4) is 0 Å². The summed E-state index contributed by atoms with van der Waals surface area (Å²) in [7, 11) is 0. The molecular formula is C14H15FN2. The maximum Gasteiger partial charge on any atom is 0.126 e. The molecule has 0 aliphatic carbocycles. The van der Waals surface area contributed by atoms with E-state index in [1.54, 1.807) is 12.1 Å². The van der Waals surface area contributed by atoms with Gasteiger partial charge in [0.1, 0.15) is 11.6 Å². The van der Waals surface area contributed by atoms with Crippen molar-refractivity contribution < 1.29 is 4.39 Å². The highest BCUT2D eigenvalue weighted by Gasteiger charge is 2.05. The Morgan fingerprint density at radius 3 is 2.41 bits per heavy atom. The Kier molecular flexibility index (Phi) is 3.38. The summed E-state index contributed by atoms with van der Waals surface area (Å²) in [5, 5.41) is 3.27. The van der Waals surface area contributed by atoms with Gasteiger partial charge in [-0.2, -0.15) is 0 Å². The van der Waals surface area contributed by atoms with Gasteiger partial charge in [0, 0.05) is 12.2 Å². The van der Waals surface area contributed by atoms with Crippen molar-refractivity contribution in [3.63, 3.8) is 0 Å². The number of nitrogens with one attached hydrogen (secondary N) is 1. The van der Waals surface area contributed by atoms with Crippen LogP contribution >= 0.6 is 0 Å². The van der Waals surface area contributed by atoms with Crippen molar-refractivity contribution in [2.24, 2.45) is 0 Å². The van der Waals surface area contributed by atoms with Crippen molar-refractivity contribution in [2.45, 2.75) is 19.9 Å². The topological polar surface area (TPSA) is 24.9 Å². The molecule has 0 saturated heterocycles. The highest BCUT2D eigenvalue weighted by molar-refractivity contribution is 5.38. The summed E-state index contributed by atoms with van der Waals surface area (Å²) in [4.78, 5) is 4.28. The smallest absolute Gasteiger partial charge is 0.126 e. The molecule has 0 aliphatic rings. The highest BCUT2D eigenvalue weighted by atomic mass is 19.1. The first kappa shape index (κ1) is 11.6. The van der Waals surface area contributed by atoms with E-state index in [0.717, 1.165) is 16.9 Å². The molecule has 17 heavy (non-hydrogen) atoms. The summed E-state index contributed by atoms with van der Waals surface area (Å²) in [5.41, 5.74) is 2.17. The van der Waals surface area contributed by atoms with E-state index in [1.807, 2.05) is 32.2 Å². The lowest BCUT2D eigenvalue weighted by Crippen LogP contribution is -2.07. The molecule has 2 aromatic rings. The molecular weight excluding hydrogens is 215 g/mol. The molecule has 0 saturated carbocycles. The Bertz CT molecular complexity index is 477. The van der Waals surface area contributed by atoms with Crippen molar-refractivity contribution in [3.8, 4) is 0 Å². The first-order chi connectivity index (χ1) is 8.15. The van der Waals surface area contributed by atoms with Crippen LogP contribution in [0.15, 0.2) is 42.6 Å². The van der Waals surface area contributed by atoms with Crippen LogP contribution < -0.4 is 5.32 Å². The Hall–Kier alpha value is -1.90. The lowest BCUT2D eigenvalue weighted by molar-refractivity contribution is 0.626. The molecule has 2 rings (SSSR count). The van der Waals surface area contributed by atoms with Crippen LogP contribution in [-0.2, 0) is 0 Å². The van der Waals surface area contributed by atoms with Gasteiger partial charge in [-0.05, 0) is 43.2 Å². The van der Waals surface area contributed by atoms with Gasteiger partial charge in [0.2, 0.25) is 0 Å². The average molecular weight is 230 g/mol. The van der Waals surface area contributed by atoms with E-state index in [2.05, 4.69) is 10.3 Å². The number of anilines is 1. The van der Waals surface area contributed by atoms with Gasteiger partial charge < -0.3 is 5.32 Å². The number of pyridine rings is 1. The molecule has 0 spiro atoms. The van der Waals surface area contributed by atoms with Crippen molar-refractivity contribution in [1.82, 2.24) is 4.98 Å². The number of aromatic nitrogens is 1. The molecule has 0 aliphatic heterocycles. The Labute approximate surface area is 101 Å². The van der Waals surface area contributed by atoms with Crippen molar-refractivity contribution in [1.29, 1.82) is 0 Å². The molecule has 0 fully saturated rings.